The van der Waals surface area contributed by atoms with Crippen LogP contribution in [0.1, 0.15) is 24.0 Å². The van der Waals surface area contributed by atoms with Gasteiger partial charge >= 0.3 is 0 Å². The number of fused-ring (bicyclic) bond motifs is 2. The van der Waals surface area contributed by atoms with Crippen LogP contribution in [0.15, 0.2) is 48.5 Å². The van der Waals surface area contributed by atoms with E-state index in [1.54, 1.807) is 0 Å². The number of anilines is 2. The SMILES string of the molecule is CN1CC[C@]23c4ccccc4N[C@@H]1[C@]21CCN(C)[C@@H]3Nc2ccccc21. The monoisotopic (exact) mass is 346 g/mol. The molecule has 2 saturated heterocycles. The third-order valence-corrected chi connectivity index (χ3v) is 7.73. The van der Waals surface area contributed by atoms with Gasteiger partial charge in [0.25, 0.3) is 0 Å². The fourth-order valence-corrected chi connectivity index (χ4v) is 6.73. The lowest BCUT2D eigenvalue weighted by atomic mass is 9.45. The average Bonchev–Trinajstić information content (AvgIpc) is 2.67. The Bertz CT molecular complexity index is 822. The van der Waals surface area contributed by atoms with Gasteiger partial charge in [-0.05, 0) is 50.2 Å². The Morgan fingerprint density at radius 2 is 1.15 bits per heavy atom. The maximum atomic E-state index is 3.95. The Kier molecular flexibility index (Phi) is 2.79. The quantitative estimate of drug-likeness (QED) is 0.768. The van der Waals surface area contributed by atoms with Gasteiger partial charge in [0.2, 0.25) is 0 Å². The molecule has 2 aromatic rings. The van der Waals surface area contributed by atoms with Gasteiger partial charge in [-0.1, -0.05) is 36.4 Å². The van der Waals surface area contributed by atoms with E-state index in [0.29, 0.717) is 12.3 Å². The first kappa shape index (κ1) is 15.1. The van der Waals surface area contributed by atoms with E-state index in [4.69, 9.17) is 0 Å². The predicted molar refractivity (Wildman–Crippen MR) is 106 cm³/mol. The summed E-state index contributed by atoms with van der Waals surface area (Å²) in [4.78, 5) is 5.11. The predicted octanol–water partition coefficient (Wildman–Crippen LogP) is 3.04. The summed E-state index contributed by atoms with van der Waals surface area (Å²) in [6, 6.07) is 18.1. The highest BCUT2D eigenvalue weighted by molar-refractivity contribution is 5.72. The van der Waals surface area contributed by atoms with Gasteiger partial charge in [0.15, 0.2) is 0 Å². The van der Waals surface area contributed by atoms with Gasteiger partial charge in [0, 0.05) is 35.3 Å². The number of para-hydroxylation sites is 2. The van der Waals surface area contributed by atoms with Crippen LogP contribution in [-0.2, 0) is 10.8 Å². The largest absolute Gasteiger partial charge is 0.369 e. The van der Waals surface area contributed by atoms with Crippen molar-refractivity contribution in [3.63, 3.8) is 0 Å². The molecule has 4 bridgehead atoms. The molecule has 6 rings (SSSR count). The van der Waals surface area contributed by atoms with E-state index in [2.05, 4.69) is 83.1 Å². The van der Waals surface area contributed by atoms with Gasteiger partial charge in [-0.3, -0.25) is 9.80 Å². The van der Waals surface area contributed by atoms with Crippen molar-refractivity contribution in [2.45, 2.75) is 36.0 Å². The van der Waals surface area contributed by atoms with E-state index in [-0.39, 0.29) is 10.8 Å². The van der Waals surface area contributed by atoms with E-state index in [1.807, 2.05) is 0 Å². The molecule has 26 heavy (non-hydrogen) atoms. The van der Waals surface area contributed by atoms with Gasteiger partial charge in [-0.2, -0.15) is 0 Å². The number of rotatable bonds is 0. The summed E-state index contributed by atoms with van der Waals surface area (Å²) in [7, 11) is 4.59. The van der Waals surface area contributed by atoms with Crippen LogP contribution in [0.3, 0.4) is 0 Å². The van der Waals surface area contributed by atoms with Gasteiger partial charge in [0.05, 0.1) is 12.3 Å². The summed E-state index contributed by atoms with van der Waals surface area (Å²) in [5.41, 5.74) is 5.86. The summed E-state index contributed by atoms with van der Waals surface area (Å²) < 4.78 is 0. The fourth-order valence-electron chi connectivity index (χ4n) is 6.73. The highest BCUT2D eigenvalue weighted by atomic mass is 15.4. The van der Waals surface area contributed by atoms with Crippen molar-refractivity contribution in [3.05, 3.63) is 59.7 Å². The lowest BCUT2D eigenvalue weighted by Gasteiger charge is -2.71. The van der Waals surface area contributed by atoms with Crippen molar-refractivity contribution in [1.29, 1.82) is 0 Å². The minimum atomic E-state index is 0.105. The highest BCUT2D eigenvalue weighted by Gasteiger charge is 2.70. The van der Waals surface area contributed by atoms with Crippen LogP contribution in [0.25, 0.3) is 0 Å². The van der Waals surface area contributed by atoms with Crippen molar-refractivity contribution in [3.8, 4) is 0 Å². The Hall–Kier alpha value is -2.04. The van der Waals surface area contributed by atoms with Crippen LogP contribution < -0.4 is 10.6 Å². The summed E-state index contributed by atoms with van der Waals surface area (Å²) in [5, 5.41) is 7.91. The number of benzene rings is 2. The molecule has 134 valence electrons. The third kappa shape index (κ3) is 1.47. The van der Waals surface area contributed by atoms with E-state index in [1.165, 1.54) is 35.3 Å². The second-order valence-electron chi connectivity index (χ2n) is 8.59. The summed E-state index contributed by atoms with van der Waals surface area (Å²) in [5.74, 6) is 0. The van der Waals surface area contributed by atoms with E-state index in [0.717, 1.165) is 13.1 Å². The molecular formula is C22H26N4. The molecule has 0 spiro atoms. The van der Waals surface area contributed by atoms with Gasteiger partial charge in [0.1, 0.15) is 0 Å². The molecule has 4 nitrogen and oxygen atoms in total. The van der Waals surface area contributed by atoms with Crippen molar-refractivity contribution in [2.75, 3.05) is 37.8 Å². The maximum absolute atomic E-state index is 3.95. The van der Waals surface area contributed by atoms with E-state index >= 15 is 0 Å². The number of nitrogens with one attached hydrogen (secondary N) is 2. The minimum absolute atomic E-state index is 0.105. The highest BCUT2D eigenvalue weighted by Crippen LogP contribution is 2.65. The van der Waals surface area contributed by atoms with Crippen LogP contribution in [-0.4, -0.2) is 49.3 Å². The second-order valence-corrected chi connectivity index (χ2v) is 8.59. The Balaban J connectivity index is 1.75. The Morgan fingerprint density at radius 3 is 1.62 bits per heavy atom. The molecule has 2 fully saturated rings. The maximum Gasteiger partial charge on any atom is 0.0901 e. The molecule has 2 aromatic carbocycles. The molecule has 0 saturated carbocycles. The van der Waals surface area contributed by atoms with Crippen molar-refractivity contribution < 1.29 is 0 Å². The van der Waals surface area contributed by atoms with Crippen LogP contribution in [0.5, 0.6) is 0 Å². The summed E-state index contributed by atoms with van der Waals surface area (Å²) in [6.07, 6.45) is 3.06. The lowest BCUT2D eigenvalue weighted by molar-refractivity contribution is -0.0691. The topological polar surface area (TPSA) is 30.5 Å². The molecule has 4 aliphatic rings. The van der Waals surface area contributed by atoms with Crippen LogP contribution >= 0.6 is 0 Å². The zero-order valence-electron chi connectivity index (χ0n) is 15.5. The number of likely N-dealkylation sites (N-methyl/N-ethyl adjacent to an activating group) is 2. The molecule has 2 N–H and O–H groups in total. The Labute approximate surface area is 155 Å². The van der Waals surface area contributed by atoms with Gasteiger partial charge in [-0.15, -0.1) is 0 Å². The lowest BCUT2D eigenvalue weighted by Crippen LogP contribution is -2.80. The first-order chi connectivity index (χ1) is 12.7. The van der Waals surface area contributed by atoms with Crippen molar-refractivity contribution in [1.82, 2.24) is 9.80 Å². The van der Waals surface area contributed by atoms with Gasteiger partial charge in [-0.25, -0.2) is 0 Å². The van der Waals surface area contributed by atoms with Crippen LogP contribution in [0, 0.1) is 0 Å². The molecule has 0 radical (unpaired) electrons. The van der Waals surface area contributed by atoms with Crippen LogP contribution in [0.2, 0.25) is 0 Å². The standard InChI is InChI=1S/C22H26N4/c1-25-13-11-22-16-8-4-5-9-17(16)23-19(25)21(22)12-14-26(2)20(22)24-18-10-6-3-7-15(18)21/h3-10,19-20,23-24H,11-14H2,1-2H3/t19-,20-,21+,22+/m0/s1. The van der Waals surface area contributed by atoms with Crippen LogP contribution in [0.4, 0.5) is 11.4 Å². The molecule has 0 aromatic heterocycles. The second kappa shape index (κ2) is 4.81. The van der Waals surface area contributed by atoms with Crippen molar-refractivity contribution in [2.24, 2.45) is 0 Å². The summed E-state index contributed by atoms with van der Waals surface area (Å²) >= 11 is 0. The minimum Gasteiger partial charge on any atom is -0.369 e. The molecule has 4 heterocycles. The summed E-state index contributed by atoms with van der Waals surface area (Å²) in [6.45, 7) is 2.25. The number of likely N-dealkylation sites (tertiary alicyclic amines) is 2. The average molecular weight is 346 g/mol. The molecule has 0 unspecified atom stereocenters. The number of hydrogen-bond acceptors (Lipinski definition) is 4. The normalized spacial score (nSPS) is 37.6. The van der Waals surface area contributed by atoms with Gasteiger partial charge < -0.3 is 10.6 Å². The smallest absolute Gasteiger partial charge is 0.0901 e. The number of nitrogens with zero attached hydrogens (tertiary/aromatic N) is 2. The first-order valence-corrected chi connectivity index (χ1v) is 9.81. The molecule has 4 aliphatic heterocycles. The zero-order chi connectivity index (χ0) is 17.5. The number of hydrogen-bond donors (Lipinski definition) is 2. The molecular weight excluding hydrogens is 320 g/mol. The fraction of sp³-hybridized carbons (Fsp3) is 0.455. The molecule has 0 amide bonds. The molecule has 0 aliphatic carbocycles. The Morgan fingerprint density at radius 1 is 0.731 bits per heavy atom. The molecule has 4 heteroatoms. The van der Waals surface area contributed by atoms with E-state index in [9.17, 15) is 0 Å². The first-order valence-electron chi connectivity index (χ1n) is 9.81. The zero-order valence-corrected chi connectivity index (χ0v) is 15.5. The van der Waals surface area contributed by atoms with Crippen molar-refractivity contribution >= 4 is 11.4 Å². The third-order valence-electron chi connectivity index (χ3n) is 7.73. The number of piperidine rings is 2. The molecule has 4 atom stereocenters. The van der Waals surface area contributed by atoms with E-state index < -0.39 is 0 Å².